The average molecular weight is 345 g/mol. The number of nitrogens with zero attached hydrogens (tertiary/aromatic N) is 3. The summed E-state index contributed by atoms with van der Waals surface area (Å²) in [5.74, 6) is 1.19. The van der Waals surface area contributed by atoms with E-state index in [9.17, 15) is 4.79 Å². The molecule has 24 heavy (non-hydrogen) atoms. The van der Waals surface area contributed by atoms with Gasteiger partial charge in [-0.2, -0.15) is 4.98 Å². The molecule has 0 amide bonds. The van der Waals surface area contributed by atoms with Gasteiger partial charge in [-0.25, -0.2) is 0 Å². The normalized spacial score (nSPS) is 16.9. The van der Waals surface area contributed by atoms with Crippen LogP contribution in [-0.2, 0) is 23.3 Å². The van der Waals surface area contributed by atoms with Crippen molar-refractivity contribution in [3.63, 3.8) is 0 Å². The van der Waals surface area contributed by atoms with Crippen LogP contribution in [0, 0.1) is 0 Å². The first-order valence-electron chi connectivity index (χ1n) is 8.19. The number of methoxy groups -OCH3 is 1. The van der Waals surface area contributed by atoms with Crippen LogP contribution in [0.4, 0.5) is 0 Å². The number of ether oxygens (including phenoxy) is 1. The van der Waals surface area contributed by atoms with Crippen molar-refractivity contribution in [2.24, 2.45) is 0 Å². The molecule has 6 nitrogen and oxygen atoms in total. The summed E-state index contributed by atoms with van der Waals surface area (Å²) in [4.78, 5) is 16.9. The largest absolute Gasteiger partial charge is 0.370 e. The fraction of sp³-hybridized carbons (Fsp3) is 0.471. The number of benzene rings is 1. The maximum absolute atomic E-state index is 12.3. The third-order valence-corrected chi connectivity index (χ3v) is 5.88. The fourth-order valence-corrected chi connectivity index (χ4v) is 4.36. The van der Waals surface area contributed by atoms with Crippen LogP contribution in [-0.4, -0.2) is 21.2 Å². The molecule has 1 aliphatic carbocycles. The van der Waals surface area contributed by atoms with Crippen molar-refractivity contribution in [1.29, 1.82) is 0 Å². The topological polar surface area (TPSA) is 70.2 Å². The number of aromatic nitrogens is 3. The van der Waals surface area contributed by atoms with E-state index in [1.54, 1.807) is 11.1 Å². The van der Waals surface area contributed by atoms with Crippen LogP contribution in [0.15, 0.2) is 33.6 Å². The molecule has 1 saturated carbocycles. The van der Waals surface area contributed by atoms with Crippen LogP contribution in [0.2, 0.25) is 0 Å². The van der Waals surface area contributed by atoms with Crippen molar-refractivity contribution >= 4 is 21.6 Å². The number of aryl methyl sites for hydroxylation is 2. The van der Waals surface area contributed by atoms with Crippen LogP contribution >= 0.6 is 11.5 Å². The maximum Gasteiger partial charge on any atom is 0.268 e. The van der Waals surface area contributed by atoms with Gasteiger partial charge in [-0.15, -0.1) is 0 Å². The number of hydrogen-bond donors (Lipinski definition) is 0. The standard InChI is InChI=1S/C17H19N3O3S/c1-22-17(9-4-5-10-17)16-18-14(23-19-16)8-11-20-15(21)12-6-2-3-7-13(12)24-20/h2-3,6-7H,4-5,8-11H2,1H3. The van der Waals surface area contributed by atoms with E-state index in [0.29, 0.717) is 24.7 Å². The molecule has 0 radical (unpaired) electrons. The van der Waals surface area contributed by atoms with Gasteiger partial charge in [0.05, 0.1) is 10.1 Å². The number of hydrogen-bond acceptors (Lipinski definition) is 6. The molecule has 1 aliphatic rings. The molecule has 7 heteroatoms. The van der Waals surface area contributed by atoms with Gasteiger partial charge in [0.1, 0.15) is 5.60 Å². The van der Waals surface area contributed by atoms with Gasteiger partial charge in [0.25, 0.3) is 5.56 Å². The lowest BCUT2D eigenvalue weighted by Gasteiger charge is -2.22. The second-order valence-electron chi connectivity index (χ2n) is 6.16. The van der Waals surface area contributed by atoms with Gasteiger partial charge in [-0.1, -0.05) is 28.8 Å². The first-order valence-corrected chi connectivity index (χ1v) is 8.96. The minimum atomic E-state index is -0.393. The Hall–Kier alpha value is -1.99. The molecule has 1 aromatic carbocycles. The van der Waals surface area contributed by atoms with Gasteiger partial charge in [-0.05, 0) is 37.8 Å². The van der Waals surface area contributed by atoms with Crippen molar-refractivity contribution in [3.05, 3.63) is 46.3 Å². The molecule has 1 fully saturated rings. The summed E-state index contributed by atoms with van der Waals surface area (Å²) in [6.45, 7) is 0.541. The highest BCUT2D eigenvalue weighted by atomic mass is 32.1. The highest BCUT2D eigenvalue weighted by molar-refractivity contribution is 7.13. The summed E-state index contributed by atoms with van der Waals surface area (Å²) < 4.78 is 13.8. The Balaban J connectivity index is 1.52. The number of rotatable bonds is 5. The molecule has 0 unspecified atom stereocenters. The molecule has 0 bridgehead atoms. The molecule has 0 atom stereocenters. The van der Waals surface area contributed by atoms with Gasteiger partial charge in [0.15, 0.2) is 0 Å². The Morgan fingerprint density at radius 1 is 1.33 bits per heavy atom. The van der Waals surface area contributed by atoms with Crippen molar-refractivity contribution in [2.75, 3.05) is 7.11 Å². The molecule has 0 N–H and O–H groups in total. The van der Waals surface area contributed by atoms with Crippen molar-refractivity contribution < 1.29 is 9.26 Å². The van der Waals surface area contributed by atoms with E-state index in [4.69, 9.17) is 9.26 Å². The highest BCUT2D eigenvalue weighted by Crippen LogP contribution is 2.40. The van der Waals surface area contributed by atoms with Gasteiger partial charge in [-0.3, -0.25) is 8.75 Å². The van der Waals surface area contributed by atoms with E-state index in [1.165, 1.54) is 11.5 Å². The summed E-state index contributed by atoms with van der Waals surface area (Å²) in [5.41, 5.74) is -0.351. The molecule has 0 aliphatic heterocycles. The third-order valence-electron chi connectivity index (χ3n) is 4.76. The molecule has 2 aromatic heterocycles. The van der Waals surface area contributed by atoms with Crippen molar-refractivity contribution in [2.45, 2.75) is 44.2 Å². The Morgan fingerprint density at radius 2 is 2.12 bits per heavy atom. The predicted octanol–water partition coefficient (Wildman–Crippen LogP) is 3.10. The summed E-state index contributed by atoms with van der Waals surface area (Å²) >= 11 is 1.47. The average Bonchev–Trinajstić information content (AvgIpc) is 3.33. The van der Waals surface area contributed by atoms with Crippen LogP contribution in [0.1, 0.15) is 37.4 Å². The second kappa shape index (κ2) is 6.14. The molecule has 0 spiro atoms. The lowest BCUT2D eigenvalue weighted by atomic mass is 10.0. The SMILES string of the molecule is COC1(c2noc(CCn3sc4ccccc4c3=O)n2)CCCC1. The van der Waals surface area contributed by atoms with E-state index in [-0.39, 0.29) is 5.56 Å². The zero-order valence-corrected chi connectivity index (χ0v) is 14.3. The minimum Gasteiger partial charge on any atom is -0.370 e. The smallest absolute Gasteiger partial charge is 0.268 e. The first-order chi connectivity index (χ1) is 11.7. The fourth-order valence-electron chi connectivity index (χ4n) is 3.37. The Labute approximate surface area is 143 Å². The Morgan fingerprint density at radius 3 is 2.88 bits per heavy atom. The van der Waals surface area contributed by atoms with E-state index in [0.717, 1.165) is 35.8 Å². The zero-order valence-electron chi connectivity index (χ0n) is 13.5. The molecule has 0 saturated heterocycles. The maximum atomic E-state index is 12.3. The van der Waals surface area contributed by atoms with Crippen LogP contribution < -0.4 is 5.56 Å². The zero-order chi connectivity index (χ0) is 16.6. The third kappa shape index (κ3) is 2.57. The first kappa shape index (κ1) is 15.5. The van der Waals surface area contributed by atoms with E-state index in [1.807, 2.05) is 24.3 Å². The Bertz CT molecular complexity index is 905. The number of fused-ring (bicyclic) bond motifs is 1. The molecular formula is C17H19N3O3S. The van der Waals surface area contributed by atoms with Gasteiger partial charge >= 0.3 is 0 Å². The highest BCUT2D eigenvalue weighted by Gasteiger charge is 2.40. The molecule has 4 rings (SSSR count). The predicted molar refractivity (Wildman–Crippen MR) is 91.2 cm³/mol. The molecule has 126 valence electrons. The quantitative estimate of drug-likeness (QED) is 0.710. The van der Waals surface area contributed by atoms with Crippen molar-refractivity contribution in [1.82, 2.24) is 14.1 Å². The van der Waals surface area contributed by atoms with E-state index < -0.39 is 5.60 Å². The van der Waals surface area contributed by atoms with Crippen LogP contribution in [0.25, 0.3) is 10.1 Å². The summed E-state index contributed by atoms with van der Waals surface area (Å²) in [6, 6.07) is 7.65. The lowest BCUT2D eigenvalue weighted by molar-refractivity contribution is -0.0178. The van der Waals surface area contributed by atoms with Gasteiger partial charge < -0.3 is 9.26 Å². The van der Waals surface area contributed by atoms with E-state index >= 15 is 0 Å². The van der Waals surface area contributed by atoms with Gasteiger partial charge in [0.2, 0.25) is 11.7 Å². The van der Waals surface area contributed by atoms with Crippen molar-refractivity contribution in [3.8, 4) is 0 Å². The monoisotopic (exact) mass is 345 g/mol. The minimum absolute atomic E-state index is 0.0412. The Kier molecular flexibility index (Phi) is 3.97. The van der Waals surface area contributed by atoms with Crippen LogP contribution in [0.5, 0.6) is 0 Å². The molecule has 3 aromatic rings. The molecule has 2 heterocycles. The van der Waals surface area contributed by atoms with E-state index in [2.05, 4.69) is 10.1 Å². The summed E-state index contributed by atoms with van der Waals surface area (Å²) in [6.07, 6.45) is 4.64. The van der Waals surface area contributed by atoms with Crippen LogP contribution in [0.3, 0.4) is 0 Å². The molecular weight excluding hydrogens is 326 g/mol. The summed E-state index contributed by atoms with van der Waals surface area (Å²) in [7, 11) is 1.71. The second-order valence-corrected chi connectivity index (χ2v) is 7.23. The lowest BCUT2D eigenvalue weighted by Crippen LogP contribution is -2.26. The van der Waals surface area contributed by atoms with Gasteiger partial charge in [0, 0.05) is 20.1 Å². The summed E-state index contributed by atoms with van der Waals surface area (Å²) in [5, 5.41) is 4.89.